The predicted octanol–water partition coefficient (Wildman–Crippen LogP) is 1.22. The highest BCUT2D eigenvalue weighted by molar-refractivity contribution is 5.92. The first-order valence-corrected chi connectivity index (χ1v) is 6.93. The number of piperidine rings is 1. The molecule has 19 heavy (non-hydrogen) atoms. The molecule has 1 aromatic carbocycles. The van der Waals surface area contributed by atoms with E-state index in [2.05, 4.69) is 17.3 Å². The molecule has 3 N–H and O–H groups in total. The van der Waals surface area contributed by atoms with Gasteiger partial charge < -0.3 is 16.0 Å². The summed E-state index contributed by atoms with van der Waals surface area (Å²) < 4.78 is 0. The second-order valence-corrected chi connectivity index (χ2v) is 5.46. The molecule has 1 saturated heterocycles. The number of hydrogen-bond donors (Lipinski definition) is 2. The lowest BCUT2D eigenvalue weighted by molar-refractivity contribution is 0.100. The van der Waals surface area contributed by atoms with Gasteiger partial charge in [0.05, 0.1) is 0 Å². The van der Waals surface area contributed by atoms with Crippen molar-refractivity contribution in [2.24, 2.45) is 11.7 Å². The first-order chi connectivity index (χ1) is 9.15. The molecule has 1 amide bonds. The highest BCUT2D eigenvalue weighted by Crippen LogP contribution is 2.14. The fourth-order valence-corrected chi connectivity index (χ4v) is 2.65. The Morgan fingerprint density at radius 3 is 2.79 bits per heavy atom. The second kappa shape index (κ2) is 6.68. The van der Waals surface area contributed by atoms with Gasteiger partial charge in [-0.3, -0.25) is 4.79 Å². The lowest BCUT2D eigenvalue weighted by Crippen LogP contribution is -2.37. The maximum absolute atomic E-state index is 11.0. The molecule has 1 unspecified atom stereocenters. The SMILES string of the molecule is CN1CCCC(CNCc2ccc(C(N)=O)cc2)C1. The van der Waals surface area contributed by atoms with E-state index in [1.165, 1.54) is 31.5 Å². The molecular weight excluding hydrogens is 238 g/mol. The number of nitrogens with two attached hydrogens (primary N) is 1. The van der Waals surface area contributed by atoms with E-state index in [-0.39, 0.29) is 5.91 Å². The van der Waals surface area contributed by atoms with E-state index in [1.54, 1.807) is 12.1 Å². The lowest BCUT2D eigenvalue weighted by Gasteiger charge is -2.29. The maximum Gasteiger partial charge on any atom is 0.248 e. The van der Waals surface area contributed by atoms with Crippen molar-refractivity contribution in [3.8, 4) is 0 Å². The molecule has 1 aromatic rings. The Bertz CT molecular complexity index is 416. The van der Waals surface area contributed by atoms with Crippen molar-refractivity contribution >= 4 is 5.91 Å². The number of hydrogen-bond acceptors (Lipinski definition) is 3. The topological polar surface area (TPSA) is 58.4 Å². The summed E-state index contributed by atoms with van der Waals surface area (Å²) in [6, 6.07) is 7.49. The van der Waals surface area contributed by atoms with E-state index in [9.17, 15) is 4.79 Å². The first-order valence-electron chi connectivity index (χ1n) is 6.93. The summed E-state index contributed by atoms with van der Waals surface area (Å²) in [4.78, 5) is 13.4. The van der Waals surface area contributed by atoms with E-state index < -0.39 is 0 Å². The number of benzene rings is 1. The van der Waals surface area contributed by atoms with E-state index >= 15 is 0 Å². The Hall–Kier alpha value is -1.39. The molecule has 1 fully saturated rings. The summed E-state index contributed by atoms with van der Waals surface area (Å²) in [5, 5.41) is 3.50. The van der Waals surface area contributed by atoms with Crippen LogP contribution in [0, 0.1) is 5.92 Å². The predicted molar refractivity (Wildman–Crippen MR) is 76.9 cm³/mol. The Balaban J connectivity index is 1.74. The van der Waals surface area contributed by atoms with Crippen LogP contribution in [0.4, 0.5) is 0 Å². The van der Waals surface area contributed by atoms with E-state index in [0.29, 0.717) is 5.56 Å². The summed E-state index contributed by atoms with van der Waals surface area (Å²) in [6.07, 6.45) is 2.62. The molecule has 0 radical (unpaired) electrons. The van der Waals surface area contributed by atoms with Crippen molar-refractivity contribution < 1.29 is 4.79 Å². The standard InChI is InChI=1S/C15H23N3O/c1-18-8-2-3-13(11-18)10-17-9-12-4-6-14(7-5-12)15(16)19/h4-7,13,17H,2-3,8-11H2,1H3,(H2,16,19). The molecular formula is C15H23N3O. The van der Waals surface area contributed by atoms with Gasteiger partial charge in [0.1, 0.15) is 0 Å². The van der Waals surface area contributed by atoms with Gasteiger partial charge in [-0.15, -0.1) is 0 Å². The zero-order valence-electron chi connectivity index (χ0n) is 11.6. The van der Waals surface area contributed by atoms with Crippen LogP contribution in [-0.4, -0.2) is 37.5 Å². The van der Waals surface area contributed by atoms with Crippen LogP contribution in [0.15, 0.2) is 24.3 Å². The third-order valence-electron chi connectivity index (χ3n) is 3.72. The lowest BCUT2D eigenvalue weighted by atomic mass is 9.98. The van der Waals surface area contributed by atoms with E-state index in [1.807, 2.05) is 12.1 Å². The highest BCUT2D eigenvalue weighted by Gasteiger charge is 2.16. The minimum Gasteiger partial charge on any atom is -0.366 e. The molecule has 0 aromatic heterocycles. The summed E-state index contributed by atoms with van der Waals surface area (Å²) in [6.45, 7) is 4.32. The fraction of sp³-hybridized carbons (Fsp3) is 0.533. The molecule has 4 nitrogen and oxygen atoms in total. The fourth-order valence-electron chi connectivity index (χ4n) is 2.65. The normalized spacial score (nSPS) is 20.4. The van der Waals surface area contributed by atoms with Gasteiger partial charge in [-0.05, 0) is 56.6 Å². The number of rotatable bonds is 5. The number of likely N-dealkylation sites (tertiary alicyclic amines) is 1. The van der Waals surface area contributed by atoms with Crippen LogP contribution >= 0.6 is 0 Å². The van der Waals surface area contributed by atoms with Crippen LogP contribution < -0.4 is 11.1 Å². The molecule has 2 rings (SSSR count). The Morgan fingerprint density at radius 1 is 1.42 bits per heavy atom. The molecule has 0 spiro atoms. The largest absolute Gasteiger partial charge is 0.366 e. The smallest absolute Gasteiger partial charge is 0.248 e. The van der Waals surface area contributed by atoms with Crippen molar-refractivity contribution in [1.29, 1.82) is 0 Å². The summed E-state index contributed by atoms with van der Waals surface area (Å²) in [5.41, 5.74) is 6.97. The van der Waals surface area contributed by atoms with Crippen LogP contribution in [0.3, 0.4) is 0 Å². The van der Waals surface area contributed by atoms with E-state index in [4.69, 9.17) is 5.73 Å². The van der Waals surface area contributed by atoms with Gasteiger partial charge in [0, 0.05) is 18.7 Å². The van der Waals surface area contributed by atoms with Gasteiger partial charge in [-0.2, -0.15) is 0 Å². The number of nitrogens with zero attached hydrogens (tertiary/aromatic N) is 1. The van der Waals surface area contributed by atoms with Crippen LogP contribution in [0.25, 0.3) is 0 Å². The molecule has 0 aliphatic carbocycles. The molecule has 1 atom stereocenters. The van der Waals surface area contributed by atoms with Gasteiger partial charge in [-0.25, -0.2) is 0 Å². The summed E-state index contributed by atoms with van der Waals surface area (Å²) in [7, 11) is 2.19. The zero-order valence-corrected chi connectivity index (χ0v) is 11.6. The van der Waals surface area contributed by atoms with Crippen LogP contribution in [0.2, 0.25) is 0 Å². The Labute approximate surface area is 115 Å². The molecule has 104 valence electrons. The monoisotopic (exact) mass is 261 g/mol. The zero-order chi connectivity index (χ0) is 13.7. The molecule has 0 saturated carbocycles. The minimum absolute atomic E-state index is 0.371. The first kappa shape index (κ1) is 14.0. The van der Waals surface area contributed by atoms with Gasteiger partial charge in [0.25, 0.3) is 0 Å². The quantitative estimate of drug-likeness (QED) is 0.838. The van der Waals surface area contributed by atoms with Crippen molar-refractivity contribution in [1.82, 2.24) is 10.2 Å². The highest BCUT2D eigenvalue weighted by atomic mass is 16.1. The Morgan fingerprint density at radius 2 is 2.16 bits per heavy atom. The summed E-state index contributed by atoms with van der Waals surface area (Å²) >= 11 is 0. The molecule has 4 heteroatoms. The molecule has 1 aliphatic heterocycles. The third-order valence-corrected chi connectivity index (χ3v) is 3.72. The van der Waals surface area contributed by atoms with Gasteiger partial charge in [0.15, 0.2) is 0 Å². The average molecular weight is 261 g/mol. The second-order valence-electron chi connectivity index (χ2n) is 5.46. The minimum atomic E-state index is -0.371. The van der Waals surface area contributed by atoms with Crippen molar-refractivity contribution in [2.75, 3.05) is 26.7 Å². The number of nitrogens with one attached hydrogen (secondary N) is 1. The van der Waals surface area contributed by atoms with Crippen molar-refractivity contribution in [2.45, 2.75) is 19.4 Å². The maximum atomic E-state index is 11.0. The number of carbonyl (C=O) groups excluding carboxylic acids is 1. The van der Waals surface area contributed by atoms with E-state index in [0.717, 1.165) is 19.0 Å². The van der Waals surface area contributed by atoms with Crippen LogP contribution in [0.5, 0.6) is 0 Å². The number of carbonyl (C=O) groups is 1. The van der Waals surface area contributed by atoms with Crippen LogP contribution in [0.1, 0.15) is 28.8 Å². The Kier molecular flexibility index (Phi) is 4.93. The number of primary amides is 1. The summed E-state index contributed by atoms with van der Waals surface area (Å²) in [5.74, 6) is 0.383. The van der Waals surface area contributed by atoms with Gasteiger partial charge in [-0.1, -0.05) is 12.1 Å². The van der Waals surface area contributed by atoms with Gasteiger partial charge >= 0.3 is 0 Å². The molecule has 1 aliphatic rings. The van der Waals surface area contributed by atoms with Gasteiger partial charge in [0.2, 0.25) is 5.91 Å². The van der Waals surface area contributed by atoms with Crippen molar-refractivity contribution in [3.05, 3.63) is 35.4 Å². The number of amides is 1. The molecule has 0 bridgehead atoms. The average Bonchev–Trinajstić information content (AvgIpc) is 2.39. The third kappa shape index (κ3) is 4.33. The van der Waals surface area contributed by atoms with Crippen LogP contribution in [-0.2, 0) is 6.54 Å². The molecule has 1 heterocycles. The van der Waals surface area contributed by atoms with Crippen molar-refractivity contribution in [3.63, 3.8) is 0 Å².